The normalized spacial score (nSPS) is 21.5. The number of ether oxygens (including phenoxy) is 2. The van der Waals surface area contributed by atoms with Crippen LogP contribution in [0, 0.1) is 5.92 Å². The summed E-state index contributed by atoms with van der Waals surface area (Å²) in [5.41, 5.74) is -0.686. The summed E-state index contributed by atoms with van der Waals surface area (Å²) < 4.78 is 125. The number of rotatable bonds is 6. The summed E-state index contributed by atoms with van der Waals surface area (Å²) in [6.45, 7) is -0.632. The molecule has 1 aliphatic heterocycles. The van der Waals surface area contributed by atoms with Gasteiger partial charge in [-0.1, -0.05) is 6.07 Å². The maximum Gasteiger partial charge on any atom is 0.434 e. The number of hydrogen-bond donors (Lipinski definition) is 1. The summed E-state index contributed by atoms with van der Waals surface area (Å²) in [6.07, 6.45) is -22.8. The van der Waals surface area contributed by atoms with E-state index in [2.05, 4.69) is 4.74 Å². The van der Waals surface area contributed by atoms with Crippen molar-refractivity contribution in [3.8, 4) is 5.75 Å². The molecule has 2 fully saturated rings. The molecular weight excluding hydrogens is 531 g/mol. The Labute approximate surface area is 203 Å². The fourth-order valence-corrected chi connectivity index (χ4v) is 3.84. The van der Waals surface area contributed by atoms with Gasteiger partial charge in [-0.25, -0.2) is 4.79 Å². The van der Waals surface area contributed by atoms with E-state index in [0.29, 0.717) is 10.5 Å². The average molecular weight is 552 g/mol. The van der Waals surface area contributed by atoms with E-state index in [1.54, 1.807) is 4.90 Å². The average Bonchev–Trinajstić information content (AvgIpc) is 2.72. The van der Waals surface area contributed by atoms with Crippen LogP contribution in [0.15, 0.2) is 18.2 Å². The Morgan fingerprint density at radius 3 is 2.00 bits per heavy atom. The van der Waals surface area contributed by atoms with E-state index in [-0.39, 0.29) is 51.3 Å². The first kappa shape index (κ1) is 28.7. The molecule has 3 rings (SSSR count). The molecule has 1 heterocycles. The number of aliphatic carboxylic acids is 1. The van der Waals surface area contributed by atoms with Gasteiger partial charge in [-0.2, -0.15) is 39.5 Å². The number of carbonyl (C=O) groups is 2. The number of piperazine rings is 1. The number of carboxylic acid groups (broad SMARTS) is 1. The van der Waals surface area contributed by atoms with Gasteiger partial charge in [0, 0.05) is 38.3 Å². The molecule has 0 unspecified atom stereocenters. The molecule has 0 atom stereocenters. The number of hydrogen-bond acceptors (Lipinski definition) is 5. The van der Waals surface area contributed by atoms with Gasteiger partial charge < -0.3 is 19.5 Å². The zero-order chi connectivity index (χ0) is 27.8. The zero-order valence-corrected chi connectivity index (χ0v) is 18.8. The fraction of sp³-hybridized carbons (Fsp3) is 0.619. The third kappa shape index (κ3) is 7.32. The van der Waals surface area contributed by atoms with Crippen molar-refractivity contribution in [2.24, 2.45) is 5.92 Å². The predicted molar refractivity (Wildman–Crippen MR) is 105 cm³/mol. The van der Waals surface area contributed by atoms with Crippen LogP contribution in [0.4, 0.5) is 44.3 Å². The second-order valence-corrected chi connectivity index (χ2v) is 8.68. The molecule has 1 saturated carbocycles. The lowest BCUT2D eigenvalue weighted by Crippen LogP contribution is -2.52. The molecule has 0 radical (unpaired) electrons. The van der Waals surface area contributed by atoms with E-state index in [9.17, 15) is 49.1 Å². The molecule has 0 spiro atoms. The van der Waals surface area contributed by atoms with Crippen LogP contribution in [0.5, 0.6) is 5.75 Å². The standard InChI is InChI=1S/C21H21F9N2O5/c22-19(23,24)13-2-1-11(15(9-13)36-14-7-12(8-14)16(33)34)10-31-3-5-32(6-4-31)18(35)37-17(20(25,26)27)21(28,29)30/h1-2,9,12,14,17H,3-8,10H2,(H,33,34). The molecule has 1 aromatic carbocycles. The van der Waals surface area contributed by atoms with Gasteiger partial charge in [0.1, 0.15) is 11.9 Å². The van der Waals surface area contributed by atoms with Gasteiger partial charge in [-0.05, 0) is 25.0 Å². The quantitative estimate of drug-likeness (QED) is 0.516. The van der Waals surface area contributed by atoms with Crippen LogP contribution in [0.2, 0.25) is 0 Å². The topological polar surface area (TPSA) is 79.3 Å². The van der Waals surface area contributed by atoms with Crippen LogP contribution in [0.3, 0.4) is 0 Å². The van der Waals surface area contributed by atoms with Crippen molar-refractivity contribution in [3.05, 3.63) is 29.3 Å². The van der Waals surface area contributed by atoms with E-state index >= 15 is 0 Å². The Kier molecular flexibility index (Phi) is 8.10. The highest BCUT2D eigenvalue weighted by atomic mass is 19.4. The monoisotopic (exact) mass is 552 g/mol. The van der Waals surface area contributed by atoms with Crippen molar-refractivity contribution < 1.29 is 63.7 Å². The van der Waals surface area contributed by atoms with Gasteiger partial charge in [0.15, 0.2) is 0 Å². The van der Waals surface area contributed by atoms with Crippen LogP contribution in [0.1, 0.15) is 24.0 Å². The minimum Gasteiger partial charge on any atom is -0.490 e. The van der Waals surface area contributed by atoms with Crippen LogP contribution in [0.25, 0.3) is 0 Å². The Morgan fingerprint density at radius 2 is 1.51 bits per heavy atom. The van der Waals surface area contributed by atoms with Crippen molar-refractivity contribution in [2.45, 2.75) is 50.1 Å². The number of carbonyl (C=O) groups excluding carboxylic acids is 1. The molecule has 1 aromatic rings. The summed E-state index contributed by atoms with van der Waals surface area (Å²) >= 11 is 0. The second-order valence-electron chi connectivity index (χ2n) is 8.68. The van der Waals surface area contributed by atoms with Gasteiger partial charge in [-0.15, -0.1) is 0 Å². The van der Waals surface area contributed by atoms with Gasteiger partial charge in [-0.3, -0.25) is 9.69 Å². The van der Waals surface area contributed by atoms with Crippen LogP contribution in [-0.2, 0) is 22.3 Å². The lowest BCUT2D eigenvalue weighted by Gasteiger charge is -2.36. The molecule has 0 bridgehead atoms. The minimum atomic E-state index is -5.85. The van der Waals surface area contributed by atoms with E-state index < -0.39 is 54.3 Å². The van der Waals surface area contributed by atoms with Crippen LogP contribution in [-0.4, -0.2) is 77.7 Å². The van der Waals surface area contributed by atoms with E-state index in [4.69, 9.17) is 9.84 Å². The molecule has 2 aliphatic rings. The third-order valence-corrected chi connectivity index (χ3v) is 5.97. The molecule has 7 nitrogen and oxygen atoms in total. The first-order chi connectivity index (χ1) is 16.9. The highest BCUT2D eigenvalue weighted by Gasteiger charge is 2.60. The first-order valence-electron chi connectivity index (χ1n) is 10.9. The molecule has 16 heteroatoms. The lowest BCUT2D eigenvalue weighted by molar-refractivity contribution is -0.308. The fourth-order valence-electron chi connectivity index (χ4n) is 3.84. The summed E-state index contributed by atoms with van der Waals surface area (Å²) in [7, 11) is 0. The summed E-state index contributed by atoms with van der Waals surface area (Å²) in [4.78, 5) is 25.2. The van der Waals surface area contributed by atoms with Gasteiger partial charge >= 0.3 is 30.6 Å². The number of benzene rings is 1. The number of amides is 1. The van der Waals surface area contributed by atoms with Crippen molar-refractivity contribution in [3.63, 3.8) is 0 Å². The number of nitrogens with zero attached hydrogens (tertiary/aromatic N) is 2. The highest BCUT2D eigenvalue weighted by molar-refractivity contribution is 5.71. The van der Waals surface area contributed by atoms with Crippen molar-refractivity contribution >= 4 is 12.1 Å². The summed E-state index contributed by atoms with van der Waals surface area (Å²) in [6, 6.07) is 2.78. The molecule has 37 heavy (non-hydrogen) atoms. The maximum atomic E-state index is 13.2. The van der Waals surface area contributed by atoms with E-state index in [1.165, 1.54) is 6.07 Å². The molecular formula is C21H21F9N2O5. The molecule has 208 valence electrons. The Morgan fingerprint density at radius 1 is 0.946 bits per heavy atom. The molecule has 1 aliphatic carbocycles. The number of alkyl halides is 9. The van der Waals surface area contributed by atoms with Crippen molar-refractivity contribution in [2.75, 3.05) is 26.2 Å². The first-order valence-corrected chi connectivity index (χ1v) is 10.9. The van der Waals surface area contributed by atoms with Crippen LogP contribution < -0.4 is 4.74 Å². The summed E-state index contributed by atoms with van der Waals surface area (Å²) in [5.74, 6) is -1.83. The maximum absolute atomic E-state index is 13.2. The van der Waals surface area contributed by atoms with E-state index in [1.807, 2.05) is 0 Å². The van der Waals surface area contributed by atoms with Gasteiger partial charge in [0.05, 0.1) is 11.5 Å². The number of halogens is 9. The second kappa shape index (κ2) is 10.5. The van der Waals surface area contributed by atoms with Crippen molar-refractivity contribution in [1.82, 2.24) is 9.80 Å². The van der Waals surface area contributed by atoms with Crippen LogP contribution >= 0.6 is 0 Å². The zero-order valence-electron chi connectivity index (χ0n) is 18.8. The number of carboxylic acids is 1. The molecule has 1 N–H and O–H groups in total. The van der Waals surface area contributed by atoms with E-state index in [0.717, 1.165) is 12.1 Å². The molecule has 0 aromatic heterocycles. The van der Waals surface area contributed by atoms with Gasteiger partial charge in [0.2, 0.25) is 0 Å². The summed E-state index contributed by atoms with van der Waals surface area (Å²) in [5, 5.41) is 8.97. The Hall–Kier alpha value is -2.91. The minimum absolute atomic E-state index is 0.000829. The highest BCUT2D eigenvalue weighted by Crippen LogP contribution is 2.38. The largest absolute Gasteiger partial charge is 0.490 e. The molecule has 1 saturated heterocycles. The van der Waals surface area contributed by atoms with Crippen molar-refractivity contribution in [1.29, 1.82) is 0 Å². The SMILES string of the molecule is O=C(O)C1CC(Oc2cc(C(F)(F)F)ccc2CN2CCN(C(=O)OC(C(F)(F)F)C(F)(F)F)CC2)C1. The lowest BCUT2D eigenvalue weighted by atomic mass is 9.82. The molecule has 1 amide bonds. The Bertz CT molecular complexity index is 968. The van der Waals surface area contributed by atoms with Gasteiger partial charge in [0.25, 0.3) is 6.10 Å². The third-order valence-electron chi connectivity index (χ3n) is 5.97. The predicted octanol–water partition coefficient (Wildman–Crippen LogP) is 4.69. The Balaban J connectivity index is 1.63. The smallest absolute Gasteiger partial charge is 0.434 e.